The molecule has 3 heterocycles. The van der Waals surface area contributed by atoms with Crippen LogP contribution in [0.15, 0.2) is 35.7 Å². The maximum absolute atomic E-state index is 5.78. The highest BCUT2D eigenvalue weighted by atomic mass is 32.1. The normalized spacial score (nSPS) is 13.6. The molecule has 0 amide bonds. The lowest BCUT2D eigenvalue weighted by molar-refractivity contribution is 0.104. The molecule has 21 heavy (non-hydrogen) atoms. The average Bonchev–Trinajstić information content (AvgIpc) is 2.99. The van der Waals surface area contributed by atoms with Crippen molar-refractivity contribution in [3.63, 3.8) is 0 Å². The third-order valence-electron chi connectivity index (χ3n) is 3.77. The largest absolute Gasteiger partial charge is 0.369 e. The number of fused-ring (bicyclic) bond motifs is 3. The van der Waals surface area contributed by atoms with Crippen LogP contribution >= 0.6 is 11.3 Å². The molecule has 3 aromatic rings. The van der Waals surface area contributed by atoms with Gasteiger partial charge in [-0.25, -0.2) is 0 Å². The van der Waals surface area contributed by atoms with Gasteiger partial charge in [-0.05, 0) is 29.9 Å². The second kappa shape index (κ2) is 5.09. The molecule has 0 fully saturated rings. The van der Waals surface area contributed by atoms with E-state index in [1.165, 1.54) is 21.7 Å². The van der Waals surface area contributed by atoms with Crippen LogP contribution in [0.25, 0.3) is 5.00 Å². The summed E-state index contributed by atoms with van der Waals surface area (Å²) in [4.78, 5) is 0. The molecule has 0 unspecified atom stereocenters. The van der Waals surface area contributed by atoms with Crippen LogP contribution in [0, 0.1) is 6.92 Å². The molecule has 0 saturated carbocycles. The van der Waals surface area contributed by atoms with Gasteiger partial charge in [0.15, 0.2) is 5.82 Å². The Morgan fingerprint density at radius 1 is 1.19 bits per heavy atom. The van der Waals surface area contributed by atoms with E-state index in [0.717, 1.165) is 18.1 Å². The molecule has 0 aliphatic carbocycles. The van der Waals surface area contributed by atoms with Gasteiger partial charge < -0.3 is 4.74 Å². The summed E-state index contributed by atoms with van der Waals surface area (Å²) in [5, 5.41) is 11.8. The molecule has 1 aliphatic rings. The standard InChI is InChI=1S/C16H15N3OS/c1-11-17-18-15-9-20-8-14-13(10-21-16(14)19(11)15)7-12-5-3-2-4-6-12/h2-6,10H,7-9H2,1H3. The topological polar surface area (TPSA) is 39.9 Å². The first-order valence-corrected chi connectivity index (χ1v) is 7.83. The average molecular weight is 297 g/mol. The third-order valence-corrected chi connectivity index (χ3v) is 4.82. The van der Waals surface area contributed by atoms with E-state index in [4.69, 9.17) is 4.74 Å². The summed E-state index contributed by atoms with van der Waals surface area (Å²) in [5.41, 5.74) is 3.93. The Morgan fingerprint density at radius 3 is 2.90 bits per heavy atom. The summed E-state index contributed by atoms with van der Waals surface area (Å²) >= 11 is 1.75. The van der Waals surface area contributed by atoms with Gasteiger partial charge in [0, 0.05) is 5.56 Å². The lowest BCUT2D eigenvalue weighted by Crippen LogP contribution is -2.00. The van der Waals surface area contributed by atoms with Crippen molar-refractivity contribution in [2.24, 2.45) is 0 Å². The van der Waals surface area contributed by atoms with Crippen molar-refractivity contribution in [1.82, 2.24) is 14.8 Å². The smallest absolute Gasteiger partial charge is 0.164 e. The van der Waals surface area contributed by atoms with Crippen molar-refractivity contribution in [2.75, 3.05) is 0 Å². The molecule has 0 atom stereocenters. The van der Waals surface area contributed by atoms with Crippen molar-refractivity contribution < 1.29 is 4.74 Å². The third kappa shape index (κ3) is 2.18. The van der Waals surface area contributed by atoms with E-state index in [0.29, 0.717) is 13.2 Å². The summed E-state index contributed by atoms with van der Waals surface area (Å²) in [6.07, 6.45) is 0.937. The van der Waals surface area contributed by atoms with E-state index < -0.39 is 0 Å². The van der Waals surface area contributed by atoms with Crippen LogP contribution < -0.4 is 0 Å². The van der Waals surface area contributed by atoms with Crippen LogP contribution in [0.3, 0.4) is 0 Å². The van der Waals surface area contributed by atoms with Crippen LogP contribution in [0.1, 0.15) is 28.3 Å². The Kier molecular flexibility index (Phi) is 3.09. The number of hydrogen-bond donors (Lipinski definition) is 0. The maximum Gasteiger partial charge on any atom is 0.164 e. The van der Waals surface area contributed by atoms with E-state index in [2.05, 4.69) is 44.4 Å². The molecule has 2 aromatic heterocycles. The molecule has 1 aliphatic heterocycles. The first kappa shape index (κ1) is 12.7. The molecular formula is C16H15N3OS. The molecular weight excluding hydrogens is 282 g/mol. The molecule has 106 valence electrons. The van der Waals surface area contributed by atoms with Crippen molar-refractivity contribution >= 4 is 11.3 Å². The highest BCUT2D eigenvalue weighted by Gasteiger charge is 2.22. The summed E-state index contributed by atoms with van der Waals surface area (Å²) in [5.74, 6) is 1.81. The number of nitrogens with zero attached hydrogens (tertiary/aromatic N) is 3. The lowest BCUT2D eigenvalue weighted by Gasteiger charge is -2.06. The van der Waals surface area contributed by atoms with Crippen LogP contribution in [-0.4, -0.2) is 14.8 Å². The molecule has 0 N–H and O–H groups in total. The van der Waals surface area contributed by atoms with Crippen LogP contribution in [0.4, 0.5) is 0 Å². The molecule has 0 saturated heterocycles. The predicted octanol–water partition coefficient (Wildman–Crippen LogP) is 3.26. The van der Waals surface area contributed by atoms with Crippen molar-refractivity contribution in [3.8, 4) is 5.00 Å². The van der Waals surface area contributed by atoms with E-state index >= 15 is 0 Å². The van der Waals surface area contributed by atoms with Crippen molar-refractivity contribution in [2.45, 2.75) is 26.6 Å². The summed E-state index contributed by atoms with van der Waals surface area (Å²) in [6, 6.07) is 10.5. The van der Waals surface area contributed by atoms with Crippen LogP contribution in [0.2, 0.25) is 0 Å². The molecule has 0 spiro atoms. The predicted molar refractivity (Wildman–Crippen MR) is 81.7 cm³/mol. The van der Waals surface area contributed by atoms with Crippen LogP contribution in [-0.2, 0) is 24.4 Å². The fourth-order valence-electron chi connectivity index (χ4n) is 2.72. The first-order valence-electron chi connectivity index (χ1n) is 6.95. The summed E-state index contributed by atoms with van der Waals surface area (Å²) < 4.78 is 7.91. The summed E-state index contributed by atoms with van der Waals surface area (Å²) in [6.45, 7) is 3.15. The number of ether oxygens (including phenoxy) is 1. The van der Waals surface area contributed by atoms with E-state index in [9.17, 15) is 0 Å². The second-order valence-corrected chi connectivity index (χ2v) is 6.06. The highest BCUT2D eigenvalue weighted by Crippen LogP contribution is 2.32. The fourth-order valence-corrected chi connectivity index (χ4v) is 3.88. The molecule has 5 heteroatoms. The minimum atomic E-state index is 0.521. The van der Waals surface area contributed by atoms with Crippen LogP contribution in [0.5, 0.6) is 0 Å². The zero-order valence-electron chi connectivity index (χ0n) is 11.7. The van der Waals surface area contributed by atoms with Gasteiger partial charge in [0.25, 0.3) is 0 Å². The lowest BCUT2D eigenvalue weighted by atomic mass is 10.0. The number of benzene rings is 1. The minimum absolute atomic E-state index is 0.521. The molecule has 4 nitrogen and oxygen atoms in total. The number of aryl methyl sites for hydroxylation is 1. The van der Waals surface area contributed by atoms with Gasteiger partial charge >= 0.3 is 0 Å². The molecule has 1 aromatic carbocycles. The zero-order valence-corrected chi connectivity index (χ0v) is 12.6. The first-order chi connectivity index (χ1) is 10.3. The van der Waals surface area contributed by atoms with Gasteiger partial charge in [-0.15, -0.1) is 21.5 Å². The Morgan fingerprint density at radius 2 is 2.05 bits per heavy atom. The molecule has 0 radical (unpaired) electrons. The van der Waals surface area contributed by atoms with Gasteiger partial charge in [0.05, 0.1) is 6.61 Å². The monoisotopic (exact) mass is 297 g/mol. The second-order valence-electron chi connectivity index (χ2n) is 5.20. The molecule has 4 rings (SSSR count). The highest BCUT2D eigenvalue weighted by molar-refractivity contribution is 7.12. The molecule has 0 bridgehead atoms. The van der Waals surface area contributed by atoms with E-state index in [1.54, 1.807) is 11.3 Å². The van der Waals surface area contributed by atoms with Gasteiger partial charge in [0.2, 0.25) is 0 Å². The maximum atomic E-state index is 5.78. The Balaban J connectivity index is 1.78. The minimum Gasteiger partial charge on any atom is -0.369 e. The Hall–Kier alpha value is -1.98. The number of aromatic nitrogens is 3. The van der Waals surface area contributed by atoms with Gasteiger partial charge in [-0.2, -0.15) is 0 Å². The van der Waals surface area contributed by atoms with E-state index in [1.807, 2.05) is 13.0 Å². The number of rotatable bonds is 2. The van der Waals surface area contributed by atoms with Gasteiger partial charge in [-0.1, -0.05) is 30.3 Å². The van der Waals surface area contributed by atoms with Crippen molar-refractivity contribution in [1.29, 1.82) is 0 Å². The SMILES string of the molecule is Cc1nnc2n1-c1scc(Cc3ccccc3)c1COC2. The Labute approximate surface area is 127 Å². The number of thiophene rings is 1. The zero-order chi connectivity index (χ0) is 14.2. The number of hydrogen-bond acceptors (Lipinski definition) is 4. The Bertz CT molecular complexity index is 776. The van der Waals surface area contributed by atoms with Gasteiger partial charge in [0.1, 0.15) is 17.4 Å². The van der Waals surface area contributed by atoms with E-state index in [-0.39, 0.29) is 0 Å². The van der Waals surface area contributed by atoms with Gasteiger partial charge in [-0.3, -0.25) is 4.57 Å². The summed E-state index contributed by atoms with van der Waals surface area (Å²) in [7, 11) is 0. The van der Waals surface area contributed by atoms with Crippen molar-refractivity contribution in [3.05, 3.63) is 64.1 Å². The quantitative estimate of drug-likeness (QED) is 0.729. The fraction of sp³-hybridized carbons (Fsp3) is 0.250.